The second kappa shape index (κ2) is 5.39. The smallest absolute Gasteiger partial charge is 0.312 e. The first-order valence-corrected chi connectivity index (χ1v) is 7.10. The molecule has 0 bridgehead atoms. The molecule has 2 unspecified atom stereocenters. The van der Waals surface area contributed by atoms with Crippen molar-refractivity contribution in [1.29, 1.82) is 0 Å². The number of likely N-dealkylation sites (N-methyl/N-ethyl adjacent to an activating group) is 1. The van der Waals surface area contributed by atoms with Crippen molar-refractivity contribution in [2.45, 2.75) is 58.3 Å². The van der Waals surface area contributed by atoms with Crippen LogP contribution in [0.3, 0.4) is 0 Å². The zero-order valence-electron chi connectivity index (χ0n) is 12.2. The van der Waals surface area contributed by atoms with Crippen LogP contribution in [0.15, 0.2) is 12.4 Å². The van der Waals surface area contributed by atoms with Crippen LogP contribution in [-0.2, 0) is 6.18 Å². The van der Waals surface area contributed by atoms with Gasteiger partial charge < -0.3 is 5.32 Å². The molecule has 6 heteroatoms. The van der Waals surface area contributed by atoms with Gasteiger partial charge in [-0.1, -0.05) is 27.2 Å². The second-order valence-corrected chi connectivity index (χ2v) is 6.19. The van der Waals surface area contributed by atoms with E-state index in [4.69, 9.17) is 0 Å². The summed E-state index contributed by atoms with van der Waals surface area (Å²) in [7, 11) is 0. The fourth-order valence-electron chi connectivity index (χ4n) is 3.19. The van der Waals surface area contributed by atoms with Crippen molar-refractivity contribution in [3.8, 4) is 0 Å². The molecule has 20 heavy (non-hydrogen) atoms. The van der Waals surface area contributed by atoms with Crippen LogP contribution in [0, 0.1) is 5.41 Å². The molecule has 2 atom stereocenters. The van der Waals surface area contributed by atoms with Gasteiger partial charge in [-0.25, -0.2) is 0 Å². The predicted molar refractivity (Wildman–Crippen MR) is 71.4 cm³/mol. The highest BCUT2D eigenvalue weighted by Crippen LogP contribution is 2.41. The summed E-state index contributed by atoms with van der Waals surface area (Å²) < 4.78 is 39.6. The Morgan fingerprint density at radius 1 is 1.45 bits per heavy atom. The van der Waals surface area contributed by atoms with Gasteiger partial charge in [0.05, 0.1) is 17.8 Å². The third kappa shape index (κ3) is 3.00. The fraction of sp³-hybridized carbons (Fsp3) is 0.786. The van der Waals surface area contributed by atoms with E-state index in [1.807, 2.05) is 6.92 Å². The van der Waals surface area contributed by atoms with E-state index in [-0.39, 0.29) is 17.5 Å². The van der Waals surface area contributed by atoms with Crippen molar-refractivity contribution in [2.24, 2.45) is 5.41 Å². The summed E-state index contributed by atoms with van der Waals surface area (Å²) in [4.78, 5) is 0. The van der Waals surface area contributed by atoms with Gasteiger partial charge in [0.15, 0.2) is 0 Å². The van der Waals surface area contributed by atoms with Crippen molar-refractivity contribution < 1.29 is 13.2 Å². The average Bonchev–Trinajstić information content (AvgIpc) is 2.80. The van der Waals surface area contributed by atoms with E-state index in [1.54, 1.807) is 0 Å². The molecule has 1 aromatic rings. The van der Waals surface area contributed by atoms with Gasteiger partial charge in [-0.15, -0.1) is 0 Å². The Kier molecular flexibility index (Phi) is 4.14. The molecule has 3 nitrogen and oxygen atoms in total. The van der Waals surface area contributed by atoms with Gasteiger partial charge in [0.1, 0.15) is 0 Å². The highest BCUT2D eigenvalue weighted by atomic mass is 19.4. The molecule has 1 heterocycles. The van der Waals surface area contributed by atoms with E-state index < -0.39 is 11.7 Å². The molecule has 0 aliphatic heterocycles. The fourth-order valence-corrected chi connectivity index (χ4v) is 3.19. The van der Waals surface area contributed by atoms with E-state index >= 15 is 0 Å². The number of alkyl halides is 3. The van der Waals surface area contributed by atoms with Crippen molar-refractivity contribution in [2.75, 3.05) is 6.54 Å². The largest absolute Gasteiger partial charge is 0.419 e. The molecule has 0 amide bonds. The number of halogens is 3. The standard InChI is InChI=1S/C14H22F3N3/c1-4-18-12-11(6-5-7-13(12,2)3)20-9-10(8-19-20)14(15,16)17/h8-9,11-12,18H,4-7H2,1-3H3. The molecule has 0 spiro atoms. The van der Waals surface area contributed by atoms with Crippen LogP contribution in [0.1, 0.15) is 51.6 Å². The van der Waals surface area contributed by atoms with Crippen molar-refractivity contribution in [3.05, 3.63) is 18.0 Å². The quantitative estimate of drug-likeness (QED) is 0.921. The summed E-state index contributed by atoms with van der Waals surface area (Å²) in [5.41, 5.74) is -0.611. The SMILES string of the molecule is CCNC1C(n2cc(C(F)(F)F)cn2)CCCC1(C)C. The monoisotopic (exact) mass is 289 g/mol. The summed E-state index contributed by atoms with van der Waals surface area (Å²) in [5.74, 6) is 0. The van der Waals surface area contributed by atoms with Crippen LogP contribution in [0.4, 0.5) is 13.2 Å². The first-order chi connectivity index (χ1) is 9.25. The molecular formula is C14H22F3N3. The molecule has 2 rings (SSSR count). The molecule has 1 fully saturated rings. The van der Waals surface area contributed by atoms with Crippen molar-refractivity contribution >= 4 is 0 Å². The van der Waals surface area contributed by atoms with E-state index in [9.17, 15) is 13.2 Å². The first kappa shape index (κ1) is 15.4. The lowest BCUT2D eigenvalue weighted by Crippen LogP contribution is -2.50. The maximum Gasteiger partial charge on any atom is 0.419 e. The summed E-state index contributed by atoms with van der Waals surface area (Å²) >= 11 is 0. The minimum atomic E-state index is -4.32. The minimum Gasteiger partial charge on any atom is -0.312 e. The normalized spacial score (nSPS) is 26.7. The number of nitrogens with zero attached hydrogens (tertiary/aromatic N) is 2. The van der Waals surface area contributed by atoms with Crippen molar-refractivity contribution in [1.82, 2.24) is 15.1 Å². The van der Waals surface area contributed by atoms with Crippen LogP contribution in [-0.4, -0.2) is 22.4 Å². The summed E-state index contributed by atoms with van der Waals surface area (Å²) in [6.07, 6.45) is 0.687. The lowest BCUT2D eigenvalue weighted by atomic mass is 9.70. The second-order valence-electron chi connectivity index (χ2n) is 6.19. The highest BCUT2D eigenvalue weighted by molar-refractivity contribution is 5.10. The molecule has 1 aromatic heterocycles. The molecule has 1 saturated carbocycles. The number of hydrogen-bond acceptors (Lipinski definition) is 2. The Bertz CT molecular complexity index is 451. The van der Waals surface area contributed by atoms with Gasteiger partial charge in [0.25, 0.3) is 0 Å². The molecule has 0 aromatic carbocycles. The van der Waals surface area contributed by atoms with Gasteiger partial charge in [-0.05, 0) is 24.8 Å². The van der Waals surface area contributed by atoms with Crippen LogP contribution in [0.5, 0.6) is 0 Å². The summed E-state index contributed by atoms with van der Waals surface area (Å²) in [6, 6.07) is 0.122. The van der Waals surface area contributed by atoms with Gasteiger partial charge in [-0.2, -0.15) is 18.3 Å². The number of nitrogens with one attached hydrogen (secondary N) is 1. The Hall–Kier alpha value is -1.04. The average molecular weight is 289 g/mol. The summed E-state index contributed by atoms with van der Waals surface area (Å²) in [5, 5.41) is 7.39. The minimum absolute atomic E-state index is 0.0187. The Morgan fingerprint density at radius 2 is 2.15 bits per heavy atom. The molecular weight excluding hydrogens is 267 g/mol. The third-order valence-electron chi connectivity index (χ3n) is 4.24. The predicted octanol–water partition coefficient (Wildman–Crippen LogP) is 3.63. The maximum absolute atomic E-state index is 12.7. The topological polar surface area (TPSA) is 29.9 Å². The van der Waals surface area contributed by atoms with Gasteiger partial charge in [0.2, 0.25) is 0 Å². The highest BCUT2D eigenvalue weighted by Gasteiger charge is 2.40. The van der Waals surface area contributed by atoms with E-state index in [0.717, 1.165) is 38.2 Å². The lowest BCUT2D eigenvalue weighted by Gasteiger charge is -2.44. The van der Waals surface area contributed by atoms with Crippen LogP contribution in [0.2, 0.25) is 0 Å². The maximum atomic E-state index is 12.7. The summed E-state index contributed by atoms with van der Waals surface area (Å²) in [6.45, 7) is 7.16. The molecule has 0 saturated heterocycles. The molecule has 1 aliphatic rings. The zero-order valence-corrected chi connectivity index (χ0v) is 12.2. The molecule has 0 radical (unpaired) electrons. The van der Waals surface area contributed by atoms with Crippen LogP contribution >= 0.6 is 0 Å². The van der Waals surface area contributed by atoms with Gasteiger partial charge in [-0.3, -0.25) is 4.68 Å². The lowest BCUT2D eigenvalue weighted by molar-refractivity contribution is -0.137. The van der Waals surface area contributed by atoms with Crippen LogP contribution in [0.25, 0.3) is 0 Å². The molecule has 1 N–H and O–H groups in total. The first-order valence-electron chi connectivity index (χ1n) is 7.10. The van der Waals surface area contributed by atoms with E-state index in [2.05, 4.69) is 24.3 Å². The van der Waals surface area contributed by atoms with Gasteiger partial charge in [0, 0.05) is 12.2 Å². The van der Waals surface area contributed by atoms with E-state index in [0.29, 0.717) is 0 Å². The Morgan fingerprint density at radius 3 is 2.70 bits per heavy atom. The van der Waals surface area contributed by atoms with Gasteiger partial charge >= 0.3 is 6.18 Å². The van der Waals surface area contributed by atoms with Crippen LogP contribution < -0.4 is 5.32 Å². The number of rotatable bonds is 3. The molecule has 114 valence electrons. The number of aromatic nitrogens is 2. The zero-order chi connectivity index (χ0) is 15.0. The van der Waals surface area contributed by atoms with Crippen molar-refractivity contribution in [3.63, 3.8) is 0 Å². The Balaban J connectivity index is 2.27. The Labute approximate surface area is 117 Å². The third-order valence-corrected chi connectivity index (χ3v) is 4.24. The molecule has 1 aliphatic carbocycles. The number of hydrogen-bond donors (Lipinski definition) is 1. The van der Waals surface area contributed by atoms with E-state index in [1.165, 1.54) is 4.68 Å².